The van der Waals surface area contributed by atoms with Gasteiger partial charge < -0.3 is 10.1 Å². The first kappa shape index (κ1) is 21.7. The van der Waals surface area contributed by atoms with Crippen LogP contribution in [0.5, 0.6) is 5.75 Å². The summed E-state index contributed by atoms with van der Waals surface area (Å²) in [5.41, 5.74) is 1.84. The van der Waals surface area contributed by atoms with Crippen LogP contribution in [0.3, 0.4) is 0 Å². The lowest BCUT2D eigenvalue weighted by atomic mass is 10.2. The average molecular weight is 443 g/mol. The van der Waals surface area contributed by atoms with Crippen LogP contribution < -0.4 is 14.8 Å². The molecule has 0 atom stereocenters. The second kappa shape index (κ2) is 9.69. The third kappa shape index (κ3) is 5.77. The molecule has 0 aliphatic heterocycles. The first-order chi connectivity index (χ1) is 14.4. The van der Waals surface area contributed by atoms with E-state index in [4.69, 9.17) is 4.74 Å². The van der Waals surface area contributed by atoms with Crippen LogP contribution in [0.1, 0.15) is 12.5 Å². The average Bonchev–Trinajstić information content (AvgIpc) is 2.73. The Kier molecular flexibility index (Phi) is 7.02. The minimum atomic E-state index is -3.83. The van der Waals surface area contributed by atoms with E-state index in [2.05, 4.69) is 22.2 Å². The van der Waals surface area contributed by atoms with Gasteiger partial charge in [0.2, 0.25) is 5.91 Å². The van der Waals surface area contributed by atoms with Crippen molar-refractivity contribution in [2.24, 2.45) is 0 Å². The molecule has 30 heavy (non-hydrogen) atoms. The van der Waals surface area contributed by atoms with Crippen LogP contribution in [-0.4, -0.2) is 21.4 Å². The highest BCUT2D eigenvalue weighted by atomic mass is 32.2. The summed E-state index contributed by atoms with van der Waals surface area (Å²) in [4.78, 5) is 12.6. The molecular weight excluding hydrogens is 420 g/mol. The molecule has 0 heterocycles. The molecule has 0 saturated carbocycles. The van der Waals surface area contributed by atoms with Crippen LogP contribution in [0, 0.1) is 0 Å². The summed E-state index contributed by atoms with van der Waals surface area (Å²) in [6, 6.07) is 21.6. The second-order valence-electron chi connectivity index (χ2n) is 6.45. The minimum Gasteiger partial charge on any atom is -0.495 e. The first-order valence-electron chi connectivity index (χ1n) is 9.12. The predicted octanol–water partition coefficient (Wildman–Crippen LogP) is 4.75. The van der Waals surface area contributed by atoms with Gasteiger partial charge in [-0.1, -0.05) is 30.3 Å². The number of methoxy groups -OCH3 is 1. The first-order valence-corrected chi connectivity index (χ1v) is 11.6. The number of carbonyl (C=O) groups is 1. The van der Waals surface area contributed by atoms with Gasteiger partial charge in [0.1, 0.15) is 5.75 Å². The van der Waals surface area contributed by atoms with Crippen molar-refractivity contribution in [3.05, 3.63) is 78.4 Å². The number of carbonyl (C=O) groups excluding carboxylic acids is 1. The van der Waals surface area contributed by atoms with E-state index in [9.17, 15) is 13.2 Å². The standard InChI is InChI=1S/C22H22N2O4S2/c1-16(25)23-21-14-20(12-13-22(21)28-2)30(26,27)24-18-10-8-17(9-11-18)15-29-19-6-4-3-5-7-19/h3-14,24H,15H2,1-2H3,(H,23,25). The third-order valence-corrected chi connectivity index (χ3v) is 6.61. The van der Waals surface area contributed by atoms with Crippen molar-refractivity contribution < 1.29 is 17.9 Å². The monoisotopic (exact) mass is 442 g/mol. The highest BCUT2D eigenvalue weighted by molar-refractivity contribution is 7.98. The maximum Gasteiger partial charge on any atom is 0.261 e. The van der Waals surface area contributed by atoms with E-state index in [1.54, 1.807) is 23.9 Å². The van der Waals surface area contributed by atoms with Gasteiger partial charge in [0.15, 0.2) is 0 Å². The number of amides is 1. The molecule has 0 bridgehead atoms. The maximum absolute atomic E-state index is 12.8. The second-order valence-corrected chi connectivity index (χ2v) is 9.18. The van der Waals surface area contributed by atoms with Gasteiger partial charge in [0.25, 0.3) is 10.0 Å². The van der Waals surface area contributed by atoms with Crippen LogP contribution in [-0.2, 0) is 20.6 Å². The Bertz CT molecular complexity index is 1120. The van der Waals surface area contributed by atoms with Crippen LogP contribution >= 0.6 is 11.8 Å². The number of anilines is 2. The Morgan fingerprint density at radius 3 is 2.33 bits per heavy atom. The fourth-order valence-electron chi connectivity index (χ4n) is 2.71. The van der Waals surface area contributed by atoms with Crippen LogP contribution in [0.15, 0.2) is 82.6 Å². The van der Waals surface area contributed by atoms with E-state index in [-0.39, 0.29) is 10.8 Å². The summed E-state index contributed by atoms with van der Waals surface area (Å²) in [7, 11) is -2.38. The van der Waals surface area contributed by atoms with Crippen molar-refractivity contribution in [2.75, 3.05) is 17.1 Å². The Morgan fingerprint density at radius 1 is 1.00 bits per heavy atom. The maximum atomic E-state index is 12.8. The summed E-state index contributed by atoms with van der Waals surface area (Å²) >= 11 is 1.71. The zero-order valence-corrected chi connectivity index (χ0v) is 18.2. The minimum absolute atomic E-state index is 0.0239. The summed E-state index contributed by atoms with van der Waals surface area (Å²) in [6.07, 6.45) is 0. The van der Waals surface area contributed by atoms with Gasteiger partial charge in [0.05, 0.1) is 17.7 Å². The number of rotatable bonds is 8. The number of benzene rings is 3. The molecule has 8 heteroatoms. The zero-order valence-electron chi connectivity index (χ0n) is 16.6. The van der Waals surface area contributed by atoms with Crippen molar-refractivity contribution in [2.45, 2.75) is 22.5 Å². The molecule has 1 amide bonds. The third-order valence-electron chi connectivity index (χ3n) is 4.15. The molecular formula is C22H22N2O4S2. The normalized spacial score (nSPS) is 11.0. The molecule has 0 saturated heterocycles. The summed E-state index contributed by atoms with van der Waals surface area (Å²) in [6.45, 7) is 1.34. The van der Waals surface area contributed by atoms with Crippen LogP contribution in [0.25, 0.3) is 0 Å². The van der Waals surface area contributed by atoms with Gasteiger partial charge in [-0.25, -0.2) is 8.42 Å². The molecule has 0 radical (unpaired) electrons. The molecule has 156 valence electrons. The van der Waals surface area contributed by atoms with Gasteiger partial charge >= 0.3 is 0 Å². The lowest BCUT2D eigenvalue weighted by molar-refractivity contribution is -0.114. The van der Waals surface area contributed by atoms with Crippen molar-refractivity contribution in [3.63, 3.8) is 0 Å². The van der Waals surface area contributed by atoms with E-state index in [1.807, 2.05) is 30.3 Å². The topological polar surface area (TPSA) is 84.5 Å². The molecule has 3 aromatic rings. The lowest BCUT2D eigenvalue weighted by Crippen LogP contribution is -2.14. The van der Waals surface area contributed by atoms with Crippen molar-refractivity contribution >= 4 is 39.1 Å². The molecule has 0 fully saturated rings. The van der Waals surface area contributed by atoms with E-state index in [0.29, 0.717) is 17.1 Å². The number of nitrogens with one attached hydrogen (secondary N) is 2. The van der Waals surface area contributed by atoms with E-state index >= 15 is 0 Å². The smallest absolute Gasteiger partial charge is 0.261 e. The van der Waals surface area contributed by atoms with Gasteiger partial charge in [-0.3, -0.25) is 9.52 Å². The van der Waals surface area contributed by atoms with Crippen molar-refractivity contribution in [3.8, 4) is 5.75 Å². The number of ether oxygens (including phenoxy) is 1. The summed E-state index contributed by atoms with van der Waals surface area (Å²) in [5, 5.41) is 2.58. The predicted molar refractivity (Wildman–Crippen MR) is 121 cm³/mol. The summed E-state index contributed by atoms with van der Waals surface area (Å²) in [5.74, 6) is 0.847. The number of hydrogen-bond acceptors (Lipinski definition) is 5. The molecule has 0 aliphatic carbocycles. The van der Waals surface area contributed by atoms with Gasteiger partial charge in [-0.05, 0) is 48.0 Å². The zero-order chi connectivity index (χ0) is 21.6. The molecule has 6 nitrogen and oxygen atoms in total. The molecule has 3 rings (SSSR count). The highest BCUT2D eigenvalue weighted by Gasteiger charge is 2.17. The van der Waals surface area contributed by atoms with Crippen molar-refractivity contribution in [1.82, 2.24) is 0 Å². The fourth-order valence-corrected chi connectivity index (χ4v) is 4.67. The Hall–Kier alpha value is -2.97. The fraction of sp³-hybridized carbons (Fsp3) is 0.136. The number of hydrogen-bond donors (Lipinski definition) is 2. The molecule has 0 unspecified atom stereocenters. The SMILES string of the molecule is COc1ccc(S(=O)(=O)Nc2ccc(CSc3ccccc3)cc2)cc1NC(C)=O. The Morgan fingerprint density at radius 2 is 1.70 bits per heavy atom. The Balaban J connectivity index is 1.71. The van der Waals surface area contributed by atoms with E-state index in [0.717, 1.165) is 11.3 Å². The molecule has 0 aliphatic rings. The molecule has 0 spiro atoms. The number of thioether (sulfide) groups is 1. The van der Waals surface area contributed by atoms with Gasteiger partial charge in [-0.15, -0.1) is 11.8 Å². The lowest BCUT2D eigenvalue weighted by Gasteiger charge is -2.13. The van der Waals surface area contributed by atoms with Crippen LogP contribution in [0.2, 0.25) is 0 Å². The van der Waals surface area contributed by atoms with Crippen molar-refractivity contribution in [1.29, 1.82) is 0 Å². The molecule has 0 aromatic heterocycles. The highest BCUT2D eigenvalue weighted by Crippen LogP contribution is 2.29. The number of sulfonamides is 1. The summed E-state index contributed by atoms with van der Waals surface area (Å²) < 4.78 is 33.3. The van der Waals surface area contributed by atoms with Gasteiger partial charge in [-0.2, -0.15) is 0 Å². The Labute approximate surface area is 180 Å². The van der Waals surface area contributed by atoms with E-state index < -0.39 is 10.0 Å². The van der Waals surface area contributed by atoms with Gasteiger partial charge in [0, 0.05) is 23.3 Å². The van der Waals surface area contributed by atoms with Crippen LogP contribution in [0.4, 0.5) is 11.4 Å². The van der Waals surface area contributed by atoms with E-state index in [1.165, 1.54) is 37.1 Å². The molecule has 2 N–H and O–H groups in total. The largest absolute Gasteiger partial charge is 0.495 e. The quantitative estimate of drug-likeness (QED) is 0.492. The molecule has 3 aromatic carbocycles.